The van der Waals surface area contributed by atoms with Gasteiger partial charge in [0.2, 0.25) is 5.91 Å². The highest BCUT2D eigenvalue weighted by Crippen LogP contribution is 2.26. The third kappa shape index (κ3) is 8.89. The number of para-hydroxylation sites is 2. The molecule has 0 radical (unpaired) electrons. The van der Waals surface area contributed by atoms with Crippen molar-refractivity contribution < 1.29 is 14.3 Å². The zero-order chi connectivity index (χ0) is 21.1. The van der Waals surface area contributed by atoms with Crippen LogP contribution in [-0.2, 0) is 11.2 Å². The molecule has 0 heterocycles. The fourth-order valence-electron chi connectivity index (χ4n) is 2.72. The maximum atomic E-state index is 11.1. The van der Waals surface area contributed by atoms with Crippen molar-refractivity contribution in [3.63, 3.8) is 0 Å². The summed E-state index contributed by atoms with van der Waals surface area (Å²) in [6.07, 6.45) is 0.778. The van der Waals surface area contributed by atoms with Crippen molar-refractivity contribution in [1.29, 1.82) is 0 Å². The van der Waals surface area contributed by atoms with Crippen LogP contribution < -0.4 is 25.4 Å². The Morgan fingerprint density at radius 2 is 1.73 bits per heavy atom. The molecule has 1 atom stereocenters. The van der Waals surface area contributed by atoms with E-state index >= 15 is 0 Å². The number of methoxy groups -OCH3 is 1. The van der Waals surface area contributed by atoms with Gasteiger partial charge in [0, 0.05) is 26.2 Å². The molecule has 2 aromatic carbocycles. The molecule has 7 nitrogen and oxygen atoms in total. The summed E-state index contributed by atoms with van der Waals surface area (Å²) in [5.74, 6) is 2.08. The first-order chi connectivity index (χ1) is 14.0. The first-order valence-corrected chi connectivity index (χ1v) is 9.62. The number of amides is 1. The molecule has 0 aliphatic carbocycles. The highest BCUT2D eigenvalue weighted by atomic mass is 127. The average molecular weight is 526 g/mol. The number of carbonyl (C=O) groups is 1. The van der Waals surface area contributed by atoms with E-state index < -0.39 is 0 Å². The lowest BCUT2D eigenvalue weighted by molar-refractivity contribution is -0.114. The molecule has 0 bridgehead atoms. The predicted octanol–water partition coefficient (Wildman–Crippen LogP) is 3.45. The van der Waals surface area contributed by atoms with Crippen LogP contribution in [0.15, 0.2) is 53.5 Å². The summed E-state index contributed by atoms with van der Waals surface area (Å²) in [6.45, 7) is 4.83. The molecule has 2 rings (SSSR count). The van der Waals surface area contributed by atoms with E-state index in [0.717, 1.165) is 30.4 Å². The van der Waals surface area contributed by atoms with Crippen molar-refractivity contribution >= 4 is 41.5 Å². The van der Waals surface area contributed by atoms with Crippen molar-refractivity contribution in [3.05, 3.63) is 54.1 Å². The molecule has 0 aliphatic rings. The summed E-state index contributed by atoms with van der Waals surface area (Å²) in [7, 11) is 3.37. The Morgan fingerprint density at radius 3 is 2.33 bits per heavy atom. The lowest BCUT2D eigenvalue weighted by Gasteiger charge is -2.19. The molecule has 1 amide bonds. The Balaban J connectivity index is 0.00000450. The van der Waals surface area contributed by atoms with Crippen LogP contribution in [0.4, 0.5) is 5.69 Å². The summed E-state index contributed by atoms with van der Waals surface area (Å²) < 4.78 is 11.3. The second-order valence-electron chi connectivity index (χ2n) is 6.59. The van der Waals surface area contributed by atoms with Crippen molar-refractivity contribution in [2.24, 2.45) is 4.99 Å². The highest BCUT2D eigenvalue weighted by molar-refractivity contribution is 14.0. The molecule has 2 aromatic rings. The van der Waals surface area contributed by atoms with E-state index in [1.165, 1.54) is 12.5 Å². The van der Waals surface area contributed by atoms with Gasteiger partial charge in [-0.1, -0.05) is 24.3 Å². The smallest absolute Gasteiger partial charge is 0.221 e. The van der Waals surface area contributed by atoms with Crippen molar-refractivity contribution in [3.8, 4) is 11.5 Å². The van der Waals surface area contributed by atoms with E-state index in [0.29, 0.717) is 12.3 Å². The Hall–Kier alpha value is -2.49. The van der Waals surface area contributed by atoms with Gasteiger partial charge >= 0.3 is 0 Å². The first-order valence-electron chi connectivity index (χ1n) is 9.62. The van der Waals surface area contributed by atoms with Crippen molar-refractivity contribution in [1.82, 2.24) is 10.6 Å². The molecular formula is C22H31IN4O3. The Labute approximate surface area is 195 Å². The van der Waals surface area contributed by atoms with Gasteiger partial charge < -0.3 is 25.4 Å². The van der Waals surface area contributed by atoms with Crippen LogP contribution in [-0.4, -0.2) is 45.2 Å². The quantitative estimate of drug-likeness (QED) is 0.265. The van der Waals surface area contributed by atoms with E-state index in [4.69, 9.17) is 9.47 Å². The molecule has 3 N–H and O–H groups in total. The van der Waals surface area contributed by atoms with Crippen LogP contribution in [0.2, 0.25) is 0 Å². The maximum Gasteiger partial charge on any atom is 0.221 e. The standard InChI is InChI=1S/C22H30N4O3.HI/c1-16(29-21-8-6-5-7-20(21)28-4)15-25-22(23-3)24-14-13-18-9-11-19(12-10-18)26-17(2)27;/h5-12,16H,13-15H2,1-4H3,(H,26,27)(H2,23,24,25);1H. The zero-order valence-corrected chi connectivity index (χ0v) is 20.2. The van der Waals surface area contributed by atoms with Crippen molar-refractivity contribution in [2.75, 3.05) is 32.6 Å². The van der Waals surface area contributed by atoms with Gasteiger partial charge in [-0.05, 0) is 43.2 Å². The van der Waals surface area contributed by atoms with Gasteiger partial charge in [-0.15, -0.1) is 24.0 Å². The average Bonchev–Trinajstić information content (AvgIpc) is 2.71. The normalized spacial score (nSPS) is 11.7. The number of aliphatic imine (C=N–C) groups is 1. The van der Waals surface area contributed by atoms with Crippen LogP contribution in [0.3, 0.4) is 0 Å². The SMILES string of the molecule is CN=C(NCCc1ccc(NC(C)=O)cc1)NCC(C)Oc1ccccc1OC.I. The summed E-state index contributed by atoms with van der Waals surface area (Å²) >= 11 is 0. The topological polar surface area (TPSA) is 84.0 Å². The van der Waals surface area contributed by atoms with Crippen LogP contribution in [0.5, 0.6) is 11.5 Å². The van der Waals surface area contributed by atoms with Gasteiger partial charge in [-0.25, -0.2) is 0 Å². The molecule has 1 unspecified atom stereocenters. The molecular weight excluding hydrogens is 495 g/mol. The number of nitrogens with zero attached hydrogens (tertiary/aromatic N) is 1. The van der Waals surface area contributed by atoms with Crippen LogP contribution in [0.25, 0.3) is 0 Å². The van der Waals surface area contributed by atoms with Crippen LogP contribution in [0.1, 0.15) is 19.4 Å². The Bertz CT molecular complexity index is 812. The van der Waals surface area contributed by atoms with Gasteiger partial charge in [0.1, 0.15) is 6.10 Å². The number of guanidine groups is 1. The molecule has 30 heavy (non-hydrogen) atoms. The number of nitrogens with one attached hydrogen (secondary N) is 3. The molecule has 0 saturated heterocycles. The van der Waals surface area contributed by atoms with Gasteiger partial charge in [-0.2, -0.15) is 0 Å². The van der Waals surface area contributed by atoms with Gasteiger partial charge in [-0.3, -0.25) is 9.79 Å². The molecule has 0 fully saturated rings. The molecule has 164 valence electrons. The minimum Gasteiger partial charge on any atom is -0.493 e. The Kier molecular flexibility index (Phi) is 11.7. The second kappa shape index (κ2) is 13.7. The number of hydrogen-bond acceptors (Lipinski definition) is 4. The third-order valence-corrected chi connectivity index (χ3v) is 4.16. The molecule has 0 saturated carbocycles. The third-order valence-electron chi connectivity index (χ3n) is 4.16. The molecule has 0 spiro atoms. The van der Waals surface area contributed by atoms with E-state index in [2.05, 4.69) is 20.9 Å². The predicted molar refractivity (Wildman–Crippen MR) is 132 cm³/mol. The fraction of sp³-hybridized carbons (Fsp3) is 0.364. The molecule has 0 aliphatic heterocycles. The number of anilines is 1. The largest absolute Gasteiger partial charge is 0.493 e. The number of carbonyl (C=O) groups excluding carboxylic acids is 1. The number of ether oxygens (including phenoxy) is 2. The summed E-state index contributed by atoms with van der Waals surface area (Å²) in [6, 6.07) is 15.4. The number of hydrogen-bond donors (Lipinski definition) is 3. The second-order valence-corrected chi connectivity index (χ2v) is 6.59. The lowest BCUT2D eigenvalue weighted by atomic mass is 10.1. The minimum atomic E-state index is -0.0711. The first kappa shape index (κ1) is 25.5. The summed E-state index contributed by atoms with van der Waals surface area (Å²) in [4.78, 5) is 15.3. The Morgan fingerprint density at radius 1 is 1.07 bits per heavy atom. The summed E-state index contributed by atoms with van der Waals surface area (Å²) in [5.41, 5.74) is 1.98. The number of rotatable bonds is 9. The molecule has 8 heteroatoms. The zero-order valence-electron chi connectivity index (χ0n) is 17.9. The van der Waals surface area contributed by atoms with Gasteiger partial charge in [0.25, 0.3) is 0 Å². The lowest BCUT2D eigenvalue weighted by Crippen LogP contribution is -2.42. The molecule has 0 aromatic heterocycles. The number of benzene rings is 2. The maximum absolute atomic E-state index is 11.1. The van der Waals surface area contributed by atoms with E-state index in [1.807, 2.05) is 55.5 Å². The minimum absolute atomic E-state index is 0. The van der Waals surface area contributed by atoms with E-state index in [9.17, 15) is 4.79 Å². The van der Waals surface area contributed by atoms with Crippen LogP contribution in [0, 0.1) is 0 Å². The van der Waals surface area contributed by atoms with E-state index in [1.54, 1.807) is 14.2 Å². The summed E-state index contributed by atoms with van der Waals surface area (Å²) in [5, 5.41) is 9.33. The van der Waals surface area contributed by atoms with Crippen molar-refractivity contribution in [2.45, 2.75) is 26.4 Å². The number of halogens is 1. The fourth-order valence-corrected chi connectivity index (χ4v) is 2.72. The monoisotopic (exact) mass is 526 g/mol. The van der Waals surface area contributed by atoms with Crippen LogP contribution >= 0.6 is 24.0 Å². The van der Waals surface area contributed by atoms with E-state index in [-0.39, 0.29) is 36.0 Å². The van der Waals surface area contributed by atoms with Gasteiger partial charge in [0.15, 0.2) is 17.5 Å². The highest BCUT2D eigenvalue weighted by Gasteiger charge is 2.09. The van der Waals surface area contributed by atoms with Gasteiger partial charge in [0.05, 0.1) is 13.7 Å².